The molecule has 0 fully saturated rings. The van der Waals surface area contributed by atoms with Crippen LogP contribution in [0.25, 0.3) is 0 Å². The minimum absolute atomic E-state index is 0.101. The number of hydrogen-bond acceptors (Lipinski definition) is 3. The predicted octanol–water partition coefficient (Wildman–Crippen LogP) is 2.20. The summed E-state index contributed by atoms with van der Waals surface area (Å²) < 4.78 is 7.71. The lowest BCUT2D eigenvalue weighted by Gasteiger charge is -2.21. The van der Waals surface area contributed by atoms with Gasteiger partial charge in [-0.15, -0.1) is 0 Å². The highest BCUT2D eigenvalue weighted by Gasteiger charge is 2.19. The topological polar surface area (TPSA) is 53.1 Å². The van der Waals surface area contributed by atoms with E-state index in [1.165, 1.54) is 5.56 Å². The average Bonchev–Trinajstić information content (AvgIpc) is 2.74. The average molecular weight is 245 g/mol. The second-order valence-electron chi connectivity index (χ2n) is 4.66. The van der Waals surface area contributed by atoms with Crippen LogP contribution in [-0.4, -0.2) is 15.8 Å². The van der Waals surface area contributed by atoms with Crippen molar-refractivity contribution in [2.45, 2.75) is 26.0 Å². The summed E-state index contributed by atoms with van der Waals surface area (Å²) in [5, 5.41) is 4.16. The van der Waals surface area contributed by atoms with Crippen LogP contribution >= 0.6 is 0 Å². The number of benzene rings is 1. The molecule has 2 rings (SSSR count). The summed E-state index contributed by atoms with van der Waals surface area (Å²) in [6.07, 6.45) is 3.55. The number of nitrogens with two attached hydrogens (primary N) is 1. The highest BCUT2D eigenvalue weighted by Crippen LogP contribution is 2.24. The molecule has 2 aromatic rings. The SMILES string of the molecule is Cc1ccc(OC(c2cnn(C)c2)C(C)N)cc1. The molecule has 2 atom stereocenters. The van der Waals surface area contributed by atoms with E-state index < -0.39 is 0 Å². The normalized spacial score (nSPS) is 14.2. The molecule has 96 valence electrons. The molecule has 0 aliphatic heterocycles. The van der Waals surface area contributed by atoms with Crippen molar-refractivity contribution in [3.8, 4) is 5.75 Å². The summed E-state index contributed by atoms with van der Waals surface area (Å²) >= 11 is 0. The number of aromatic nitrogens is 2. The molecule has 0 spiro atoms. The zero-order chi connectivity index (χ0) is 13.1. The molecule has 18 heavy (non-hydrogen) atoms. The third kappa shape index (κ3) is 2.90. The van der Waals surface area contributed by atoms with E-state index in [1.807, 2.05) is 51.4 Å². The van der Waals surface area contributed by atoms with Crippen LogP contribution in [-0.2, 0) is 7.05 Å². The Bertz CT molecular complexity index is 502. The summed E-state index contributed by atoms with van der Waals surface area (Å²) in [7, 11) is 1.88. The van der Waals surface area contributed by atoms with Gasteiger partial charge in [-0.2, -0.15) is 5.10 Å². The molecule has 0 saturated carbocycles. The third-order valence-electron chi connectivity index (χ3n) is 2.81. The first-order chi connectivity index (χ1) is 8.56. The Kier molecular flexibility index (Phi) is 3.67. The summed E-state index contributed by atoms with van der Waals surface area (Å²) in [6, 6.07) is 7.87. The summed E-state index contributed by atoms with van der Waals surface area (Å²) in [5.74, 6) is 0.826. The van der Waals surface area contributed by atoms with E-state index in [1.54, 1.807) is 10.9 Å². The van der Waals surface area contributed by atoms with Crippen molar-refractivity contribution in [1.82, 2.24) is 9.78 Å². The fourth-order valence-corrected chi connectivity index (χ4v) is 1.83. The molecular formula is C14H19N3O. The van der Waals surface area contributed by atoms with Gasteiger partial charge in [-0.05, 0) is 26.0 Å². The van der Waals surface area contributed by atoms with Crippen molar-refractivity contribution < 1.29 is 4.74 Å². The lowest BCUT2D eigenvalue weighted by molar-refractivity contribution is 0.180. The van der Waals surface area contributed by atoms with Crippen LogP contribution in [0.3, 0.4) is 0 Å². The van der Waals surface area contributed by atoms with Gasteiger partial charge in [-0.1, -0.05) is 17.7 Å². The molecule has 2 unspecified atom stereocenters. The van der Waals surface area contributed by atoms with Crippen molar-refractivity contribution in [3.63, 3.8) is 0 Å². The zero-order valence-corrected chi connectivity index (χ0v) is 11.0. The molecule has 0 radical (unpaired) electrons. The Balaban J connectivity index is 2.19. The van der Waals surface area contributed by atoms with Crippen LogP contribution < -0.4 is 10.5 Å². The van der Waals surface area contributed by atoms with E-state index in [0.717, 1.165) is 11.3 Å². The van der Waals surface area contributed by atoms with E-state index in [9.17, 15) is 0 Å². The van der Waals surface area contributed by atoms with Gasteiger partial charge >= 0.3 is 0 Å². The van der Waals surface area contributed by atoms with Crippen LogP contribution in [0.2, 0.25) is 0 Å². The number of aryl methyl sites for hydroxylation is 2. The first kappa shape index (κ1) is 12.6. The van der Waals surface area contributed by atoms with Crippen molar-refractivity contribution in [2.75, 3.05) is 0 Å². The molecule has 1 aromatic carbocycles. The van der Waals surface area contributed by atoms with Gasteiger partial charge in [0.1, 0.15) is 11.9 Å². The van der Waals surface area contributed by atoms with Crippen molar-refractivity contribution >= 4 is 0 Å². The fourth-order valence-electron chi connectivity index (χ4n) is 1.83. The van der Waals surface area contributed by atoms with Gasteiger partial charge in [-0.25, -0.2) is 0 Å². The van der Waals surface area contributed by atoms with Crippen molar-refractivity contribution in [3.05, 3.63) is 47.8 Å². The standard InChI is InChI=1S/C14H19N3O/c1-10-4-6-13(7-5-10)18-14(11(2)15)12-8-16-17(3)9-12/h4-9,11,14H,15H2,1-3H3. The zero-order valence-electron chi connectivity index (χ0n) is 11.0. The van der Waals surface area contributed by atoms with Crippen LogP contribution in [0.1, 0.15) is 24.2 Å². The van der Waals surface area contributed by atoms with Crippen LogP contribution in [0.4, 0.5) is 0 Å². The lowest BCUT2D eigenvalue weighted by Crippen LogP contribution is -2.28. The first-order valence-corrected chi connectivity index (χ1v) is 6.03. The Morgan fingerprint density at radius 3 is 2.44 bits per heavy atom. The van der Waals surface area contributed by atoms with Gasteiger partial charge in [0.15, 0.2) is 0 Å². The van der Waals surface area contributed by atoms with Crippen molar-refractivity contribution in [1.29, 1.82) is 0 Å². The van der Waals surface area contributed by atoms with Gasteiger partial charge < -0.3 is 10.5 Å². The fraction of sp³-hybridized carbons (Fsp3) is 0.357. The second kappa shape index (κ2) is 5.23. The molecule has 0 bridgehead atoms. The van der Waals surface area contributed by atoms with Gasteiger partial charge in [-0.3, -0.25) is 4.68 Å². The third-order valence-corrected chi connectivity index (χ3v) is 2.81. The Labute approximate surface area is 107 Å². The van der Waals surface area contributed by atoms with E-state index in [4.69, 9.17) is 10.5 Å². The molecule has 0 aliphatic rings. The molecule has 1 heterocycles. The maximum atomic E-state index is 5.99. The molecular weight excluding hydrogens is 226 g/mol. The maximum absolute atomic E-state index is 5.99. The highest BCUT2D eigenvalue weighted by molar-refractivity contribution is 5.27. The smallest absolute Gasteiger partial charge is 0.141 e. The van der Waals surface area contributed by atoms with Crippen LogP contribution in [0, 0.1) is 6.92 Å². The van der Waals surface area contributed by atoms with E-state index >= 15 is 0 Å². The Morgan fingerprint density at radius 2 is 1.94 bits per heavy atom. The van der Waals surface area contributed by atoms with Crippen LogP contribution in [0.5, 0.6) is 5.75 Å². The molecule has 0 saturated heterocycles. The second-order valence-corrected chi connectivity index (χ2v) is 4.66. The Hall–Kier alpha value is -1.81. The molecule has 0 amide bonds. The molecule has 0 aliphatic carbocycles. The van der Waals surface area contributed by atoms with Gasteiger partial charge in [0.05, 0.1) is 6.20 Å². The highest BCUT2D eigenvalue weighted by atomic mass is 16.5. The summed E-state index contributed by atoms with van der Waals surface area (Å²) in [6.45, 7) is 3.99. The number of nitrogens with zero attached hydrogens (tertiary/aromatic N) is 2. The minimum Gasteiger partial charge on any atom is -0.484 e. The monoisotopic (exact) mass is 245 g/mol. The summed E-state index contributed by atoms with van der Waals surface area (Å²) in [4.78, 5) is 0. The molecule has 1 aromatic heterocycles. The van der Waals surface area contributed by atoms with Gasteiger partial charge in [0.25, 0.3) is 0 Å². The molecule has 4 heteroatoms. The number of rotatable bonds is 4. The largest absolute Gasteiger partial charge is 0.484 e. The molecule has 4 nitrogen and oxygen atoms in total. The predicted molar refractivity (Wildman–Crippen MR) is 71.4 cm³/mol. The first-order valence-electron chi connectivity index (χ1n) is 6.03. The van der Waals surface area contributed by atoms with E-state index in [0.29, 0.717) is 0 Å². The quantitative estimate of drug-likeness (QED) is 0.898. The molecule has 2 N–H and O–H groups in total. The lowest BCUT2D eigenvalue weighted by atomic mass is 10.1. The van der Waals surface area contributed by atoms with E-state index in [-0.39, 0.29) is 12.1 Å². The summed E-state index contributed by atoms with van der Waals surface area (Å²) in [5.41, 5.74) is 8.20. The number of hydrogen-bond donors (Lipinski definition) is 1. The Morgan fingerprint density at radius 1 is 1.28 bits per heavy atom. The van der Waals surface area contributed by atoms with Gasteiger partial charge in [0.2, 0.25) is 0 Å². The van der Waals surface area contributed by atoms with E-state index in [2.05, 4.69) is 5.10 Å². The van der Waals surface area contributed by atoms with Crippen LogP contribution in [0.15, 0.2) is 36.7 Å². The van der Waals surface area contributed by atoms with Gasteiger partial charge in [0, 0.05) is 24.8 Å². The van der Waals surface area contributed by atoms with Crippen molar-refractivity contribution in [2.24, 2.45) is 12.8 Å². The minimum atomic E-state index is -0.179. The number of ether oxygens (including phenoxy) is 1. The maximum Gasteiger partial charge on any atom is 0.141 e.